The Kier molecular flexibility index (Phi) is 3.86. The smallest absolute Gasteiger partial charge is 0.308 e. The van der Waals surface area contributed by atoms with E-state index in [9.17, 15) is 4.79 Å². The molecule has 92 valence electrons. The minimum atomic E-state index is -0.369. The Morgan fingerprint density at radius 1 is 1.41 bits per heavy atom. The first-order valence-corrected chi connectivity index (χ1v) is 5.85. The van der Waals surface area contributed by atoms with Crippen molar-refractivity contribution >= 4 is 23.3 Å². The summed E-state index contributed by atoms with van der Waals surface area (Å²) in [5.41, 5.74) is 1.02. The number of nitrogens with zero attached hydrogens (tertiary/aromatic N) is 1. The van der Waals surface area contributed by atoms with Crippen LogP contribution in [0.15, 0.2) is 18.2 Å². The third-order valence-electron chi connectivity index (χ3n) is 2.55. The third kappa shape index (κ3) is 3.11. The van der Waals surface area contributed by atoms with Crippen molar-refractivity contribution < 1.29 is 14.3 Å². The van der Waals surface area contributed by atoms with Crippen LogP contribution in [0, 0.1) is 0 Å². The first-order chi connectivity index (χ1) is 8.16. The van der Waals surface area contributed by atoms with Crippen LogP contribution in [0.5, 0.6) is 5.75 Å². The molecule has 1 aromatic carbocycles. The Morgan fingerprint density at radius 2 is 2.12 bits per heavy atom. The van der Waals surface area contributed by atoms with Gasteiger partial charge in [-0.2, -0.15) is 0 Å². The summed E-state index contributed by atoms with van der Waals surface area (Å²) in [5, 5.41) is 0.448. The molecule has 5 heteroatoms. The number of ether oxygens (including phenoxy) is 2. The van der Waals surface area contributed by atoms with Gasteiger partial charge in [0.2, 0.25) is 0 Å². The number of carbonyl (C=O) groups excluding carboxylic acids is 1. The normalized spacial score (nSPS) is 15.8. The van der Waals surface area contributed by atoms with E-state index in [-0.39, 0.29) is 5.97 Å². The van der Waals surface area contributed by atoms with Gasteiger partial charge in [-0.1, -0.05) is 11.6 Å². The maximum Gasteiger partial charge on any atom is 0.308 e. The molecule has 0 N–H and O–H groups in total. The first-order valence-electron chi connectivity index (χ1n) is 5.47. The fraction of sp³-hybridized carbons (Fsp3) is 0.417. The fourth-order valence-corrected chi connectivity index (χ4v) is 1.96. The minimum Gasteiger partial charge on any atom is -0.425 e. The zero-order valence-electron chi connectivity index (χ0n) is 9.61. The van der Waals surface area contributed by atoms with E-state index < -0.39 is 0 Å². The lowest BCUT2D eigenvalue weighted by Gasteiger charge is -2.29. The Balaban J connectivity index is 2.14. The SMILES string of the molecule is CC(=O)Oc1ccc(N2CCOCC2)cc1Cl. The highest BCUT2D eigenvalue weighted by molar-refractivity contribution is 6.32. The van der Waals surface area contributed by atoms with Crippen molar-refractivity contribution in [3.63, 3.8) is 0 Å². The number of benzene rings is 1. The second kappa shape index (κ2) is 5.38. The molecule has 0 spiro atoms. The molecule has 1 fully saturated rings. The number of anilines is 1. The van der Waals surface area contributed by atoms with Crippen LogP contribution in [0.1, 0.15) is 6.92 Å². The highest BCUT2D eigenvalue weighted by Gasteiger charge is 2.13. The van der Waals surface area contributed by atoms with Crippen LogP contribution < -0.4 is 9.64 Å². The monoisotopic (exact) mass is 255 g/mol. The van der Waals surface area contributed by atoms with Gasteiger partial charge < -0.3 is 14.4 Å². The number of carbonyl (C=O) groups is 1. The van der Waals surface area contributed by atoms with Crippen molar-refractivity contribution in [2.75, 3.05) is 31.2 Å². The molecule has 1 heterocycles. The molecule has 0 amide bonds. The number of morpholine rings is 1. The number of rotatable bonds is 2. The number of halogens is 1. The van der Waals surface area contributed by atoms with E-state index >= 15 is 0 Å². The molecule has 0 bridgehead atoms. The van der Waals surface area contributed by atoms with Gasteiger partial charge in [0.05, 0.1) is 18.2 Å². The van der Waals surface area contributed by atoms with Crippen LogP contribution in [0.4, 0.5) is 5.69 Å². The van der Waals surface area contributed by atoms with Crippen molar-refractivity contribution in [3.05, 3.63) is 23.2 Å². The van der Waals surface area contributed by atoms with Gasteiger partial charge in [-0.3, -0.25) is 4.79 Å². The molecular weight excluding hydrogens is 242 g/mol. The zero-order chi connectivity index (χ0) is 12.3. The number of esters is 1. The molecule has 1 aliphatic heterocycles. The van der Waals surface area contributed by atoms with E-state index in [0.29, 0.717) is 10.8 Å². The number of hydrogen-bond donors (Lipinski definition) is 0. The second-order valence-electron chi connectivity index (χ2n) is 3.81. The van der Waals surface area contributed by atoms with Crippen LogP contribution in [-0.2, 0) is 9.53 Å². The van der Waals surface area contributed by atoms with Crippen LogP contribution in [-0.4, -0.2) is 32.3 Å². The average Bonchev–Trinajstić information content (AvgIpc) is 2.32. The van der Waals surface area contributed by atoms with Gasteiger partial charge >= 0.3 is 5.97 Å². The largest absolute Gasteiger partial charge is 0.425 e. The molecule has 1 aliphatic rings. The van der Waals surface area contributed by atoms with Gasteiger partial charge in [0.15, 0.2) is 0 Å². The van der Waals surface area contributed by atoms with E-state index in [1.54, 1.807) is 6.07 Å². The predicted molar refractivity (Wildman–Crippen MR) is 65.8 cm³/mol. The van der Waals surface area contributed by atoms with Crippen LogP contribution in [0.3, 0.4) is 0 Å². The third-order valence-corrected chi connectivity index (χ3v) is 2.84. The lowest BCUT2D eigenvalue weighted by molar-refractivity contribution is -0.131. The Bertz CT molecular complexity index is 416. The van der Waals surface area contributed by atoms with E-state index in [1.807, 2.05) is 12.1 Å². The van der Waals surface area contributed by atoms with Crippen molar-refractivity contribution in [2.45, 2.75) is 6.92 Å². The highest BCUT2D eigenvalue weighted by Crippen LogP contribution is 2.29. The lowest BCUT2D eigenvalue weighted by atomic mass is 10.2. The van der Waals surface area contributed by atoms with Crippen molar-refractivity contribution in [2.24, 2.45) is 0 Å². The van der Waals surface area contributed by atoms with Gasteiger partial charge in [0, 0.05) is 25.7 Å². The standard InChI is InChI=1S/C12H14ClNO3/c1-9(15)17-12-3-2-10(8-11(12)13)14-4-6-16-7-5-14/h2-3,8H,4-7H2,1H3. The van der Waals surface area contributed by atoms with Gasteiger partial charge in [-0.25, -0.2) is 0 Å². The Hall–Kier alpha value is -1.26. The summed E-state index contributed by atoms with van der Waals surface area (Å²) in [6.07, 6.45) is 0. The number of hydrogen-bond acceptors (Lipinski definition) is 4. The van der Waals surface area contributed by atoms with Gasteiger partial charge in [0.1, 0.15) is 5.75 Å². The second-order valence-corrected chi connectivity index (χ2v) is 4.21. The highest BCUT2D eigenvalue weighted by atomic mass is 35.5. The van der Waals surface area contributed by atoms with E-state index in [0.717, 1.165) is 32.0 Å². The predicted octanol–water partition coefficient (Wildman–Crippen LogP) is 2.10. The quantitative estimate of drug-likeness (QED) is 0.599. The molecule has 0 aromatic heterocycles. The molecule has 0 saturated carbocycles. The Labute approximate surface area is 105 Å². The summed E-state index contributed by atoms with van der Waals surface area (Å²) in [5.74, 6) is 0.0298. The van der Waals surface area contributed by atoms with Gasteiger partial charge in [0.25, 0.3) is 0 Å². The zero-order valence-corrected chi connectivity index (χ0v) is 10.4. The van der Waals surface area contributed by atoms with Crippen molar-refractivity contribution in [1.29, 1.82) is 0 Å². The summed E-state index contributed by atoms with van der Waals surface area (Å²) in [7, 11) is 0. The first kappa shape index (κ1) is 12.2. The molecular formula is C12H14ClNO3. The van der Waals surface area contributed by atoms with Crippen molar-refractivity contribution in [3.8, 4) is 5.75 Å². The molecule has 0 atom stereocenters. The molecule has 1 saturated heterocycles. The maximum absolute atomic E-state index is 10.8. The maximum atomic E-state index is 10.8. The summed E-state index contributed by atoms with van der Waals surface area (Å²) in [6.45, 7) is 4.51. The van der Waals surface area contributed by atoms with Crippen LogP contribution >= 0.6 is 11.6 Å². The van der Waals surface area contributed by atoms with Crippen LogP contribution in [0.2, 0.25) is 5.02 Å². The molecule has 1 aromatic rings. The molecule has 4 nitrogen and oxygen atoms in total. The van der Waals surface area contributed by atoms with Crippen LogP contribution in [0.25, 0.3) is 0 Å². The fourth-order valence-electron chi connectivity index (χ4n) is 1.75. The average molecular weight is 256 g/mol. The molecule has 2 rings (SSSR count). The Morgan fingerprint density at radius 3 is 2.71 bits per heavy atom. The van der Waals surface area contributed by atoms with E-state index in [2.05, 4.69) is 4.90 Å². The molecule has 0 unspecified atom stereocenters. The minimum absolute atomic E-state index is 0.369. The topological polar surface area (TPSA) is 38.8 Å². The van der Waals surface area contributed by atoms with E-state index in [4.69, 9.17) is 21.1 Å². The summed E-state index contributed by atoms with van der Waals surface area (Å²) in [4.78, 5) is 13.0. The molecule has 17 heavy (non-hydrogen) atoms. The summed E-state index contributed by atoms with van der Waals surface area (Å²) in [6, 6.07) is 5.43. The van der Waals surface area contributed by atoms with Gasteiger partial charge in [-0.15, -0.1) is 0 Å². The van der Waals surface area contributed by atoms with Gasteiger partial charge in [-0.05, 0) is 18.2 Å². The summed E-state index contributed by atoms with van der Waals surface area (Å²) >= 11 is 6.06. The molecule has 0 radical (unpaired) electrons. The van der Waals surface area contributed by atoms with Crippen molar-refractivity contribution in [1.82, 2.24) is 0 Å². The lowest BCUT2D eigenvalue weighted by Crippen LogP contribution is -2.36. The molecule has 0 aliphatic carbocycles. The van der Waals surface area contributed by atoms with E-state index in [1.165, 1.54) is 6.92 Å². The summed E-state index contributed by atoms with van der Waals surface area (Å²) < 4.78 is 10.3.